The van der Waals surface area contributed by atoms with E-state index < -0.39 is 5.54 Å². The minimum Gasteiger partial charge on any atom is -0.495 e. The van der Waals surface area contributed by atoms with Gasteiger partial charge in [0, 0.05) is 19.6 Å². The first kappa shape index (κ1) is 15.6. The fraction of sp³-hybridized carbons (Fsp3) is 0.562. The molecule has 1 unspecified atom stereocenters. The van der Waals surface area contributed by atoms with Crippen LogP contribution in [0.5, 0.6) is 5.75 Å². The molecule has 1 fully saturated rings. The van der Waals surface area contributed by atoms with Crippen LogP contribution >= 0.6 is 0 Å². The summed E-state index contributed by atoms with van der Waals surface area (Å²) in [6.45, 7) is 2.61. The number of methoxy groups -OCH3 is 1. The van der Waals surface area contributed by atoms with E-state index in [-0.39, 0.29) is 5.91 Å². The molecule has 3 N–H and O–H groups in total. The molecule has 1 aromatic carbocycles. The molecule has 0 radical (unpaired) electrons. The fourth-order valence-corrected chi connectivity index (χ4v) is 2.40. The third-order valence-electron chi connectivity index (χ3n) is 4.09. The monoisotopic (exact) mass is 291 g/mol. The first-order chi connectivity index (χ1) is 9.96. The second kappa shape index (κ2) is 6.35. The number of hydrogen-bond donors (Lipinski definition) is 2. The number of primary amides is 1. The molecule has 0 heterocycles. The topological polar surface area (TPSA) is 67.6 Å². The predicted molar refractivity (Wildman–Crippen MR) is 84.6 cm³/mol. The summed E-state index contributed by atoms with van der Waals surface area (Å²) in [4.78, 5) is 13.9. The summed E-state index contributed by atoms with van der Waals surface area (Å²) in [6.07, 6.45) is 2.92. The summed E-state index contributed by atoms with van der Waals surface area (Å²) < 4.78 is 5.37. The van der Waals surface area contributed by atoms with E-state index in [0.29, 0.717) is 12.5 Å². The fourth-order valence-electron chi connectivity index (χ4n) is 2.40. The van der Waals surface area contributed by atoms with Crippen LogP contribution in [0.15, 0.2) is 24.3 Å². The lowest BCUT2D eigenvalue weighted by molar-refractivity contribution is -0.124. The first-order valence-electron chi connectivity index (χ1n) is 7.38. The molecule has 2 rings (SSSR count). The van der Waals surface area contributed by atoms with Gasteiger partial charge in [0.2, 0.25) is 5.91 Å². The Labute approximate surface area is 126 Å². The van der Waals surface area contributed by atoms with Gasteiger partial charge in [0.1, 0.15) is 5.75 Å². The van der Waals surface area contributed by atoms with Crippen molar-refractivity contribution in [1.82, 2.24) is 5.32 Å². The van der Waals surface area contributed by atoms with Crippen LogP contribution in [-0.4, -0.2) is 38.2 Å². The molecule has 0 saturated heterocycles. The Kier molecular flexibility index (Phi) is 4.73. The van der Waals surface area contributed by atoms with Crippen LogP contribution in [0.2, 0.25) is 0 Å². The van der Waals surface area contributed by atoms with E-state index >= 15 is 0 Å². The van der Waals surface area contributed by atoms with E-state index in [1.165, 1.54) is 0 Å². The number of nitrogens with zero attached hydrogens (tertiary/aromatic N) is 1. The molecule has 1 aromatic rings. The number of ether oxygens (including phenoxy) is 1. The maximum Gasteiger partial charge on any atom is 0.237 e. The highest BCUT2D eigenvalue weighted by Gasteiger charge is 2.36. The highest BCUT2D eigenvalue weighted by molar-refractivity contribution is 5.84. The maximum atomic E-state index is 11.8. The Morgan fingerprint density at radius 2 is 2.14 bits per heavy atom. The quantitative estimate of drug-likeness (QED) is 0.762. The molecule has 0 spiro atoms. The Bertz CT molecular complexity index is 502. The van der Waals surface area contributed by atoms with Gasteiger partial charge >= 0.3 is 0 Å². The van der Waals surface area contributed by atoms with Crippen molar-refractivity contribution in [2.45, 2.75) is 37.8 Å². The lowest BCUT2D eigenvalue weighted by Crippen LogP contribution is -2.55. The number of anilines is 1. The Morgan fingerprint density at radius 1 is 1.48 bits per heavy atom. The SMILES string of the molecule is COc1ccccc1N(C)CCC(C)(NC1CC1)C(N)=O. The molecule has 1 amide bonds. The van der Waals surface area contributed by atoms with Gasteiger partial charge in [-0.1, -0.05) is 12.1 Å². The van der Waals surface area contributed by atoms with E-state index in [4.69, 9.17) is 10.5 Å². The summed E-state index contributed by atoms with van der Waals surface area (Å²) in [5.41, 5.74) is 5.94. The maximum absolute atomic E-state index is 11.8. The second-order valence-corrected chi connectivity index (χ2v) is 5.96. The number of para-hydroxylation sites is 2. The summed E-state index contributed by atoms with van der Waals surface area (Å²) in [5.74, 6) is 0.541. The smallest absolute Gasteiger partial charge is 0.237 e. The number of carbonyl (C=O) groups is 1. The first-order valence-corrected chi connectivity index (χ1v) is 7.38. The zero-order chi connectivity index (χ0) is 15.5. The van der Waals surface area contributed by atoms with Gasteiger partial charge in [-0.05, 0) is 38.3 Å². The van der Waals surface area contributed by atoms with E-state index in [9.17, 15) is 4.79 Å². The number of rotatable bonds is 8. The molecule has 1 aliphatic carbocycles. The normalized spacial score (nSPS) is 17.1. The van der Waals surface area contributed by atoms with Gasteiger partial charge in [0.15, 0.2) is 0 Å². The van der Waals surface area contributed by atoms with E-state index in [1.807, 2.05) is 38.2 Å². The van der Waals surface area contributed by atoms with Gasteiger partial charge in [-0.3, -0.25) is 4.79 Å². The third kappa shape index (κ3) is 3.88. The van der Waals surface area contributed by atoms with Crippen molar-refractivity contribution in [2.24, 2.45) is 5.73 Å². The van der Waals surface area contributed by atoms with Gasteiger partial charge in [-0.2, -0.15) is 0 Å². The predicted octanol–water partition coefficient (Wildman–Crippen LogP) is 1.52. The van der Waals surface area contributed by atoms with Crippen molar-refractivity contribution in [3.63, 3.8) is 0 Å². The summed E-state index contributed by atoms with van der Waals surface area (Å²) in [7, 11) is 3.66. The Hall–Kier alpha value is -1.75. The standard InChI is InChI=1S/C16H25N3O2/c1-16(15(17)20,18-12-8-9-12)10-11-19(2)13-6-4-5-7-14(13)21-3/h4-7,12,18H,8-11H2,1-3H3,(H2,17,20). The highest BCUT2D eigenvalue weighted by Crippen LogP contribution is 2.28. The van der Waals surface area contributed by atoms with Gasteiger partial charge < -0.3 is 20.7 Å². The van der Waals surface area contributed by atoms with Gasteiger partial charge in [-0.15, -0.1) is 0 Å². The van der Waals surface area contributed by atoms with Crippen LogP contribution in [0, 0.1) is 0 Å². The zero-order valence-corrected chi connectivity index (χ0v) is 13.1. The number of nitrogens with two attached hydrogens (primary N) is 1. The number of carbonyl (C=O) groups excluding carboxylic acids is 1. The van der Waals surface area contributed by atoms with Crippen molar-refractivity contribution < 1.29 is 9.53 Å². The molecule has 0 aliphatic heterocycles. The lowest BCUT2D eigenvalue weighted by Gasteiger charge is -2.31. The number of amides is 1. The van der Waals surface area contributed by atoms with Gasteiger partial charge in [0.05, 0.1) is 18.3 Å². The molecule has 116 valence electrons. The second-order valence-electron chi connectivity index (χ2n) is 5.96. The molecule has 1 saturated carbocycles. The average Bonchev–Trinajstić information content (AvgIpc) is 3.28. The summed E-state index contributed by atoms with van der Waals surface area (Å²) >= 11 is 0. The van der Waals surface area contributed by atoms with Crippen molar-refractivity contribution in [1.29, 1.82) is 0 Å². The van der Waals surface area contributed by atoms with Crippen LogP contribution < -0.4 is 20.7 Å². The molecule has 5 nitrogen and oxygen atoms in total. The van der Waals surface area contributed by atoms with E-state index in [1.54, 1.807) is 7.11 Å². The molecule has 1 aliphatic rings. The van der Waals surface area contributed by atoms with Crippen LogP contribution in [0.1, 0.15) is 26.2 Å². The van der Waals surface area contributed by atoms with Crippen LogP contribution in [0.25, 0.3) is 0 Å². The Morgan fingerprint density at radius 3 is 2.71 bits per heavy atom. The number of benzene rings is 1. The van der Waals surface area contributed by atoms with Crippen LogP contribution in [-0.2, 0) is 4.79 Å². The van der Waals surface area contributed by atoms with Crippen molar-refractivity contribution in [3.05, 3.63) is 24.3 Å². The van der Waals surface area contributed by atoms with Crippen LogP contribution in [0.3, 0.4) is 0 Å². The summed E-state index contributed by atoms with van der Waals surface area (Å²) in [5, 5.41) is 3.37. The molecule has 0 bridgehead atoms. The Balaban J connectivity index is 2.01. The summed E-state index contributed by atoms with van der Waals surface area (Å²) in [6, 6.07) is 8.30. The minimum atomic E-state index is -0.655. The van der Waals surface area contributed by atoms with E-state index in [0.717, 1.165) is 30.8 Å². The molecule has 5 heteroatoms. The molecule has 1 atom stereocenters. The van der Waals surface area contributed by atoms with Crippen molar-refractivity contribution in [2.75, 3.05) is 25.6 Å². The number of nitrogens with one attached hydrogen (secondary N) is 1. The van der Waals surface area contributed by atoms with Crippen LogP contribution in [0.4, 0.5) is 5.69 Å². The average molecular weight is 291 g/mol. The molecular weight excluding hydrogens is 266 g/mol. The molecule has 21 heavy (non-hydrogen) atoms. The lowest BCUT2D eigenvalue weighted by atomic mass is 9.96. The van der Waals surface area contributed by atoms with Gasteiger partial charge in [-0.25, -0.2) is 0 Å². The molecule has 0 aromatic heterocycles. The van der Waals surface area contributed by atoms with E-state index in [2.05, 4.69) is 10.2 Å². The van der Waals surface area contributed by atoms with Crippen molar-refractivity contribution >= 4 is 11.6 Å². The van der Waals surface area contributed by atoms with Gasteiger partial charge in [0.25, 0.3) is 0 Å². The zero-order valence-electron chi connectivity index (χ0n) is 13.1. The molecular formula is C16H25N3O2. The highest BCUT2D eigenvalue weighted by atomic mass is 16.5. The van der Waals surface area contributed by atoms with Crippen molar-refractivity contribution in [3.8, 4) is 5.75 Å². The third-order valence-corrected chi connectivity index (χ3v) is 4.09. The minimum absolute atomic E-state index is 0.289. The largest absolute Gasteiger partial charge is 0.495 e. The number of hydrogen-bond acceptors (Lipinski definition) is 4.